The van der Waals surface area contributed by atoms with Gasteiger partial charge in [0.1, 0.15) is 0 Å². The predicted octanol–water partition coefficient (Wildman–Crippen LogP) is 4.01. The van der Waals surface area contributed by atoms with Crippen LogP contribution in [0, 0.1) is 0 Å². The lowest BCUT2D eigenvalue weighted by Gasteiger charge is -2.18. The minimum absolute atomic E-state index is 0. The molecule has 8 heteroatoms. The van der Waals surface area contributed by atoms with E-state index in [0.717, 1.165) is 5.56 Å². The highest BCUT2D eigenvalue weighted by Gasteiger charge is 2.21. The van der Waals surface area contributed by atoms with Gasteiger partial charge in [0.2, 0.25) is 5.89 Å². The molecule has 1 amide bonds. The summed E-state index contributed by atoms with van der Waals surface area (Å²) in [7, 11) is 1.89. The maximum Gasteiger partial charge on any atom is 0.253 e. The molecule has 0 spiro atoms. The summed E-state index contributed by atoms with van der Waals surface area (Å²) in [4.78, 5) is 17.2. The van der Waals surface area contributed by atoms with E-state index in [4.69, 9.17) is 16.1 Å². The normalized spacial score (nSPS) is 12.7. The predicted molar refractivity (Wildman–Crippen MR) is 116 cm³/mol. The number of nitrogens with zero attached hydrogens (tertiary/aromatic N) is 2. The zero-order valence-electron chi connectivity index (χ0n) is 16.3. The fourth-order valence-corrected chi connectivity index (χ4v) is 3.05. The second-order valence-electron chi connectivity index (χ2n) is 6.62. The van der Waals surface area contributed by atoms with Gasteiger partial charge in [-0.05, 0) is 31.7 Å². The number of benzene rings is 2. The fourth-order valence-electron chi connectivity index (χ4n) is 2.83. The first-order valence-electron chi connectivity index (χ1n) is 9.16. The molecule has 0 aliphatic rings. The quantitative estimate of drug-likeness (QED) is 0.559. The van der Waals surface area contributed by atoms with E-state index in [-0.39, 0.29) is 30.4 Å². The van der Waals surface area contributed by atoms with Gasteiger partial charge in [-0.25, -0.2) is 0 Å². The molecule has 1 aromatic heterocycles. The Labute approximate surface area is 181 Å². The monoisotopic (exact) mass is 434 g/mol. The molecule has 0 bridgehead atoms. The summed E-state index contributed by atoms with van der Waals surface area (Å²) in [5.41, 5.74) is 1.38. The van der Waals surface area contributed by atoms with Crippen LogP contribution in [0.3, 0.4) is 0 Å². The molecule has 3 rings (SSSR count). The van der Waals surface area contributed by atoms with Gasteiger partial charge >= 0.3 is 0 Å². The molecule has 0 saturated carbocycles. The summed E-state index contributed by atoms with van der Waals surface area (Å²) in [6.07, 6.45) is 1.06. The Morgan fingerprint density at radius 1 is 1.10 bits per heavy atom. The maximum absolute atomic E-state index is 12.8. The van der Waals surface area contributed by atoms with Crippen molar-refractivity contribution in [2.45, 2.75) is 31.8 Å². The minimum atomic E-state index is -0.319. The molecular formula is C21H24Cl2N4O2. The van der Waals surface area contributed by atoms with Crippen LogP contribution >= 0.6 is 24.0 Å². The van der Waals surface area contributed by atoms with E-state index < -0.39 is 0 Å². The summed E-state index contributed by atoms with van der Waals surface area (Å²) < 4.78 is 5.41. The molecule has 2 atom stereocenters. The van der Waals surface area contributed by atoms with Crippen molar-refractivity contribution in [1.29, 1.82) is 0 Å². The number of halogens is 2. The zero-order valence-corrected chi connectivity index (χ0v) is 17.8. The van der Waals surface area contributed by atoms with Gasteiger partial charge in [0.25, 0.3) is 5.91 Å². The van der Waals surface area contributed by atoms with E-state index in [0.29, 0.717) is 35.1 Å². The number of aromatic nitrogens is 2. The topological polar surface area (TPSA) is 80.0 Å². The van der Waals surface area contributed by atoms with Crippen LogP contribution in [0.2, 0.25) is 5.02 Å². The van der Waals surface area contributed by atoms with Crippen molar-refractivity contribution in [3.05, 3.63) is 82.5 Å². The number of rotatable bonds is 8. The molecule has 154 valence electrons. The van der Waals surface area contributed by atoms with Crippen LogP contribution < -0.4 is 10.6 Å². The lowest BCUT2D eigenvalue weighted by atomic mass is 10.0. The number of hydrogen-bond donors (Lipinski definition) is 2. The van der Waals surface area contributed by atoms with Crippen molar-refractivity contribution >= 4 is 29.9 Å². The summed E-state index contributed by atoms with van der Waals surface area (Å²) in [6.45, 7) is 2.05. The molecule has 1 heterocycles. The van der Waals surface area contributed by atoms with E-state index in [2.05, 4.69) is 20.8 Å². The Morgan fingerprint density at radius 3 is 2.48 bits per heavy atom. The standard InChI is InChI=1S/C21H23ClN4O2.ClH/c1-14(23-2)12-19-25-20(28-26-19)13-18(15-8-4-3-5-9-15)24-21(27)16-10-6-7-11-17(16)22;/h3-11,14,18,23H,12-13H2,1-2H3,(H,24,27);1H. The van der Waals surface area contributed by atoms with E-state index in [1.165, 1.54) is 0 Å². The third kappa shape index (κ3) is 6.29. The molecule has 2 N–H and O–H groups in total. The van der Waals surface area contributed by atoms with Crippen LogP contribution in [0.5, 0.6) is 0 Å². The zero-order chi connectivity index (χ0) is 19.9. The third-order valence-corrected chi connectivity index (χ3v) is 4.83. The maximum atomic E-state index is 12.8. The van der Waals surface area contributed by atoms with Crippen LogP contribution in [-0.4, -0.2) is 29.1 Å². The SMILES string of the molecule is CNC(C)Cc1noc(CC(NC(=O)c2ccccc2Cl)c2ccccc2)n1.Cl. The lowest BCUT2D eigenvalue weighted by Crippen LogP contribution is -2.30. The molecule has 0 radical (unpaired) electrons. The summed E-state index contributed by atoms with van der Waals surface area (Å²) in [5.74, 6) is 0.871. The Kier molecular flexibility index (Phi) is 8.64. The Morgan fingerprint density at radius 2 is 1.79 bits per heavy atom. The van der Waals surface area contributed by atoms with Gasteiger partial charge in [0.05, 0.1) is 23.0 Å². The molecule has 0 saturated heterocycles. The molecule has 0 aliphatic heterocycles. The second kappa shape index (κ2) is 11.0. The van der Waals surface area contributed by atoms with Crippen LogP contribution in [-0.2, 0) is 12.8 Å². The van der Waals surface area contributed by atoms with E-state index >= 15 is 0 Å². The summed E-state index contributed by atoms with van der Waals surface area (Å²) in [6, 6.07) is 16.6. The van der Waals surface area contributed by atoms with Gasteiger partial charge in [-0.3, -0.25) is 4.79 Å². The largest absolute Gasteiger partial charge is 0.345 e. The van der Waals surface area contributed by atoms with Crippen LogP contribution in [0.1, 0.15) is 40.6 Å². The number of carbonyl (C=O) groups excluding carboxylic acids is 1. The van der Waals surface area contributed by atoms with Gasteiger partial charge in [-0.15, -0.1) is 12.4 Å². The number of carbonyl (C=O) groups is 1. The van der Waals surface area contributed by atoms with Crippen LogP contribution in [0.25, 0.3) is 0 Å². The average Bonchev–Trinajstić information content (AvgIpc) is 3.15. The first-order valence-corrected chi connectivity index (χ1v) is 9.53. The number of amides is 1. The van der Waals surface area contributed by atoms with Crippen molar-refractivity contribution in [1.82, 2.24) is 20.8 Å². The van der Waals surface area contributed by atoms with Crippen molar-refractivity contribution in [3.8, 4) is 0 Å². The Bertz CT molecular complexity index is 918. The number of hydrogen-bond acceptors (Lipinski definition) is 5. The molecule has 2 aromatic carbocycles. The van der Waals surface area contributed by atoms with Gasteiger partial charge in [0, 0.05) is 12.5 Å². The average molecular weight is 435 g/mol. The van der Waals surface area contributed by atoms with Crippen LogP contribution in [0.15, 0.2) is 59.1 Å². The first-order chi connectivity index (χ1) is 13.6. The van der Waals surface area contributed by atoms with Crippen molar-refractivity contribution in [2.75, 3.05) is 7.05 Å². The highest BCUT2D eigenvalue weighted by Crippen LogP contribution is 2.21. The number of nitrogens with one attached hydrogen (secondary N) is 2. The van der Waals surface area contributed by atoms with Gasteiger partial charge in [-0.2, -0.15) is 4.98 Å². The summed E-state index contributed by atoms with van der Waals surface area (Å²) >= 11 is 6.17. The third-order valence-electron chi connectivity index (χ3n) is 4.50. The van der Waals surface area contributed by atoms with Crippen molar-refractivity contribution < 1.29 is 9.32 Å². The highest BCUT2D eigenvalue weighted by molar-refractivity contribution is 6.33. The van der Waals surface area contributed by atoms with E-state index in [1.807, 2.05) is 44.3 Å². The van der Waals surface area contributed by atoms with Gasteiger partial charge in [-0.1, -0.05) is 59.2 Å². The smallest absolute Gasteiger partial charge is 0.253 e. The first kappa shape index (κ1) is 22.9. The Hall–Kier alpha value is -2.41. The molecule has 3 aromatic rings. The van der Waals surface area contributed by atoms with Crippen molar-refractivity contribution in [2.24, 2.45) is 0 Å². The summed E-state index contributed by atoms with van der Waals surface area (Å²) in [5, 5.41) is 10.6. The molecule has 6 nitrogen and oxygen atoms in total. The highest BCUT2D eigenvalue weighted by atomic mass is 35.5. The van der Waals surface area contributed by atoms with E-state index in [9.17, 15) is 4.79 Å². The Balaban J connectivity index is 0.00000300. The van der Waals surface area contributed by atoms with Gasteiger partial charge < -0.3 is 15.2 Å². The van der Waals surface area contributed by atoms with Gasteiger partial charge in [0.15, 0.2) is 5.82 Å². The molecule has 2 unspecified atom stereocenters. The van der Waals surface area contributed by atoms with Crippen molar-refractivity contribution in [3.63, 3.8) is 0 Å². The molecule has 29 heavy (non-hydrogen) atoms. The molecule has 0 aliphatic carbocycles. The fraction of sp³-hybridized carbons (Fsp3) is 0.286. The molecular weight excluding hydrogens is 411 g/mol. The molecule has 0 fully saturated rings. The van der Waals surface area contributed by atoms with E-state index in [1.54, 1.807) is 24.3 Å². The minimum Gasteiger partial charge on any atom is -0.345 e. The number of likely N-dealkylation sites (N-methyl/N-ethyl adjacent to an activating group) is 1. The van der Waals surface area contributed by atoms with Crippen LogP contribution in [0.4, 0.5) is 0 Å². The lowest BCUT2D eigenvalue weighted by molar-refractivity contribution is 0.0935. The second-order valence-corrected chi connectivity index (χ2v) is 7.03.